The Kier molecular flexibility index (Phi) is 30.9. The van der Waals surface area contributed by atoms with Gasteiger partial charge in [-0.1, -0.05) is 29.8 Å². The van der Waals surface area contributed by atoms with Crippen molar-refractivity contribution in [3.05, 3.63) is 262 Å². The first kappa shape index (κ1) is 91.9. The lowest BCUT2D eigenvalue weighted by Crippen LogP contribution is -2.38. The van der Waals surface area contributed by atoms with Gasteiger partial charge >= 0.3 is 17.9 Å². The van der Waals surface area contributed by atoms with Crippen molar-refractivity contribution in [2.24, 2.45) is 17.6 Å². The third-order valence-corrected chi connectivity index (χ3v) is 16.1. The Morgan fingerprint density at radius 3 is 0.922 bits per heavy atom. The molecule has 0 fully saturated rings. The molecule has 9 N–H and O–H groups in total. The minimum absolute atomic E-state index is 0.0106. The number of esters is 3. The molecule has 115 heavy (non-hydrogen) atoms. The third kappa shape index (κ3) is 24.5. The standard InChI is InChI=1S/C27H26F4N2O5.C26H25F4N3O5.C18H10F4N2O3.C9H17BrO2/c1-14(26(36)38-27(2,3)4)9-10-37-16-12-20(30)23(21(31)13-16)33-22(34)8-7-18(25(33)32)24(35)17-6-5-15(28)11-19(17)29;1-26(2,3)38-25(36)20(31)8-9-37-14-11-18(29)22(19(30)12-14)33-21(34)7-6-16(24(33)32)23(35)15-5-4-13(27)10-17(15)28;19-8-1-2-10(12(20)5-8)17(27)11-3-4-15(26)24(18(11)23)16-13(21)6-9(25)7-14(16)22;1-7(5-6-10)8(11)12-9(2,3)4/h5-8,11-14H,9-10,32H2,1-4H3;4-7,10-12,20H,8-9,31-32H2,1-3H3;1-7,25H,23H2;7H,5-6H2,1-4H3/t14-;20-;;7-/m00.0/s1. The van der Waals surface area contributed by atoms with Crippen LogP contribution in [0.25, 0.3) is 17.1 Å². The van der Waals surface area contributed by atoms with Gasteiger partial charge in [0.05, 0.1) is 58.4 Å². The molecule has 0 saturated carbocycles. The number of carbonyl (C=O) groups excluding carboxylic acids is 6. The molecular formula is C80H78BrF12N7O15. The van der Waals surface area contributed by atoms with Crippen LogP contribution in [0.2, 0.25) is 0 Å². The third-order valence-electron chi connectivity index (χ3n) is 15.7. The molecule has 3 aromatic heterocycles. The predicted molar refractivity (Wildman–Crippen MR) is 403 cm³/mol. The first-order valence-corrected chi connectivity index (χ1v) is 35.5. The Morgan fingerprint density at radius 2 is 0.643 bits per heavy atom. The van der Waals surface area contributed by atoms with Crippen LogP contribution in [-0.4, -0.2) is 95.5 Å². The molecule has 0 saturated heterocycles. The highest BCUT2D eigenvalue weighted by Crippen LogP contribution is 2.32. The summed E-state index contributed by atoms with van der Waals surface area (Å²) in [5, 5.41) is 10.1. The lowest BCUT2D eigenvalue weighted by Gasteiger charge is -2.22. The van der Waals surface area contributed by atoms with Gasteiger partial charge in [0.25, 0.3) is 16.7 Å². The number of pyridine rings is 3. The summed E-state index contributed by atoms with van der Waals surface area (Å²) in [5.74, 6) is -21.9. The van der Waals surface area contributed by atoms with E-state index < -0.39 is 213 Å². The lowest BCUT2D eigenvalue weighted by molar-refractivity contribution is -0.160. The van der Waals surface area contributed by atoms with E-state index in [9.17, 15) is 83.4 Å². The fraction of sp³-hybridized carbons (Fsp3) is 0.287. The molecular weight excluding hydrogens is 1610 g/mol. The number of hydrogen-bond acceptors (Lipinski definition) is 19. The molecule has 0 spiro atoms. The minimum atomic E-state index is -1.31. The van der Waals surface area contributed by atoms with Crippen LogP contribution in [0.3, 0.4) is 0 Å². The number of alkyl halides is 1. The highest BCUT2D eigenvalue weighted by atomic mass is 79.9. The zero-order valence-corrected chi connectivity index (χ0v) is 64.9. The number of phenolic OH excluding ortho intramolecular Hbond substituents is 1. The van der Waals surface area contributed by atoms with E-state index in [-0.39, 0.29) is 55.0 Å². The molecule has 0 unspecified atom stereocenters. The van der Waals surface area contributed by atoms with Gasteiger partial charge in [0.15, 0.2) is 52.3 Å². The molecule has 9 aromatic rings. The van der Waals surface area contributed by atoms with E-state index in [1.54, 1.807) is 48.5 Å². The molecule has 0 bridgehead atoms. The molecule has 22 nitrogen and oxygen atoms in total. The maximum absolute atomic E-state index is 15.0. The highest BCUT2D eigenvalue weighted by Gasteiger charge is 2.30. The van der Waals surface area contributed by atoms with E-state index in [1.165, 1.54) is 0 Å². The Hall–Kier alpha value is -12.0. The summed E-state index contributed by atoms with van der Waals surface area (Å²) >= 11 is 3.29. The van der Waals surface area contributed by atoms with Crippen molar-refractivity contribution in [2.45, 2.75) is 118 Å². The number of anilines is 3. The number of ketones is 3. The van der Waals surface area contributed by atoms with Gasteiger partial charge in [0, 0.05) is 84.5 Å². The Morgan fingerprint density at radius 1 is 0.383 bits per heavy atom. The smallest absolute Gasteiger partial charge is 0.323 e. The van der Waals surface area contributed by atoms with Crippen LogP contribution in [0, 0.1) is 81.6 Å². The van der Waals surface area contributed by atoms with Gasteiger partial charge in [0.2, 0.25) is 0 Å². The summed E-state index contributed by atoms with van der Waals surface area (Å²) in [6.07, 6.45) is 1.02. The molecule has 35 heteroatoms. The molecule has 3 heterocycles. The van der Waals surface area contributed by atoms with Crippen molar-refractivity contribution < 1.29 is 110 Å². The van der Waals surface area contributed by atoms with Crippen molar-refractivity contribution >= 4 is 68.6 Å². The van der Waals surface area contributed by atoms with Crippen LogP contribution >= 0.6 is 15.9 Å². The van der Waals surface area contributed by atoms with Crippen LogP contribution in [0.5, 0.6) is 17.2 Å². The summed E-state index contributed by atoms with van der Waals surface area (Å²) in [5.41, 5.74) is 13.1. The number of halogens is 13. The van der Waals surface area contributed by atoms with E-state index in [4.69, 9.17) is 46.6 Å². The topological polar surface area (TPSA) is 339 Å². The quantitative estimate of drug-likeness (QED) is 0.0138. The summed E-state index contributed by atoms with van der Waals surface area (Å²) < 4.78 is 197. The molecule has 9 rings (SSSR count). The monoisotopic (exact) mass is 1680 g/mol. The predicted octanol–water partition coefficient (Wildman–Crippen LogP) is 14.3. The van der Waals surface area contributed by atoms with E-state index >= 15 is 17.6 Å². The number of nitrogen functional groups attached to an aromatic ring is 3. The van der Waals surface area contributed by atoms with E-state index in [1.807, 2.05) is 27.7 Å². The molecule has 0 aliphatic rings. The number of ether oxygens (including phenoxy) is 5. The van der Waals surface area contributed by atoms with Crippen molar-refractivity contribution in [3.63, 3.8) is 0 Å². The number of carbonyl (C=O) groups is 6. The fourth-order valence-corrected chi connectivity index (χ4v) is 10.9. The van der Waals surface area contributed by atoms with Crippen molar-refractivity contribution in [2.75, 3.05) is 35.7 Å². The average molecular weight is 1690 g/mol. The SMILES string of the molecule is CC(C)(C)OC(=O)[C@@H](N)CCOc1cc(F)c(-n2c(N)c(C(=O)c3ccc(F)cc3F)ccc2=O)c(F)c1.C[C@@H](CCBr)C(=O)OC(C)(C)C.C[C@@H](CCOc1cc(F)c(-n2c(N)c(C(=O)c3ccc(F)cc3F)ccc2=O)c(F)c1)C(=O)OC(C)(C)C.Nc1c(C(=O)c2ccc(F)cc2F)ccc(=O)n1-c1c(F)cc(O)cc1F. The highest BCUT2D eigenvalue weighted by molar-refractivity contribution is 9.09. The zero-order valence-electron chi connectivity index (χ0n) is 63.3. The normalized spacial score (nSPS) is 12.1. The molecule has 0 aliphatic heterocycles. The van der Waals surface area contributed by atoms with Gasteiger partial charge in [-0.05, 0) is 130 Å². The Bertz CT molecular complexity index is 5080. The van der Waals surface area contributed by atoms with Gasteiger partial charge in [0.1, 0.15) is 110 Å². The average Bonchev–Trinajstić information content (AvgIpc) is 0.778. The van der Waals surface area contributed by atoms with E-state index in [2.05, 4.69) is 15.9 Å². The second kappa shape index (κ2) is 38.7. The Labute approximate surface area is 657 Å². The number of aromatic hydroxyl groups is 1. The van der Waals surface area contributed by atoms with Crippen LogP contribution in [0.4, 0.5) is 70.1 Å². The van der Waals surface area contributed by atoms with Crippen LogP contribution in [0.1, 0.15) is 143 Å². The number of aromatic nitrogens is 3. The van der Waals surface area contributed by atoms with E-state index in [0.717, 1.165) is 109 Å². The number of rotatable bonds is 22. The second-order valence-electron chi connectivity index (χ2n) is 28.3. The maximum atomic E-state index is 15.0. The van der Waals surface area contributed by atoms with Gasteiger partial charge in [-0.25, -0.2) is 52.7 Å². The minimum Gasteiger partial charge on any atom is -0.508 e. The summed E-state index contributed by atoms with van der Waals surface area (Å²) in [6, 6.07) is 15.3. The van der Waals surface area contributed by atoms with Crippen molar-refractivity contribution in [3.8, 4) is 34.3 Å². The second-order valence-corrected chi connectivity index (χ2v) is 29.1. The molecule has 0 radical (unpaired) electrons. The Balaban J connectivity index is 0.000000253. The molecule has 3 atom stereocenters. The van der Waals surface area contributed by atoms with Crippen molar-refractivity contribution in [1.82, 2.24) is 13.7 Å². The summed E-state index contributed by atoms with van der Waals surface area (Å²) in [4.78, 5) is 111. The molecule has 614 valence electrons. The zero-order chi connectivity index (χ0) is 86.4. The fourth-order valence-electron chi connectivity index (χ4n) is 10.2. The first-order valence-electron chi connectivity index (χ1n) is 34.4. The first-order chi connectivity index (χ1) is 53.4. The number of nitrogens with zero attached hydrogens (tertiary/aromatic N) is 3. The van der Waals surface area contributed by atoms with E-state index in [0.29, 0.717) is 44.0 Å². The number of phenols is 1. The van der Waals surface area contributed by atoms with Gasteiger partial charge in [-0.3, -0.25) is 56.9 Å². The van der Waals surface area contributed by atoms with Crippen molar-refractivity contribution in [1.29, 1.82) is 0 Å². The molecule has 0 amide bonds. The van der Waals surface area contributed by atoms with Crippen LogP contribution in [-0.2, 0) is 28.6 Å². The number of hydrogen-bond donors (Lipinski definition) is 5. The van der Waals surface area contributed by atoms with Crippen LogP contribution < -0.4 is 49.1 Å². The van der Waals surface area contributed by atoms with Gasteiger partial charge < -0.3 is 51.7 Å². The largest absolute Gasteiger partial charge is 0.508 e. The maximum Gasteiger partial charge on any atom is 0.323 e. The van der Waals surface area contributed by atoms with Crippen LogP contribution in [0.15, 0.2) is 142 Å². The molecule has 0 aliphatic carbocycles. The number of benzene rings is 6. The number of nitrogens with two attached hydrogens (primary N) is 4. The summed E-state index contributed by atoms with van der Waals surface area (Å²) in [7, 11) is 0. The molecule has 6 aromatic carbocycles. The lowest BCUT2D eigenvalue weighted by atomic mass is 10.0. The summed E-state index contributed by atoms with van der Waals surface area (Å²) in [6.45, 7) is 19.1. The van der Waals surface area contributed by atoms with Gasteiger partial charge in [-0.15, -0.1) is 0 Å². The van der Waals surface area contributed by atoms with Gasteiger partial charge in [-0.2, -0.15) is 0 Å².